The van der Waals surface area contributed by atoms with E-state index in [0.717, 1.165) is 9.87 Å². The molecular weight excluding hydrogens is 380 g/mol. The zero-order valence-corrected chi connectivity index (χ0v) is 17.9. The average Bonchev–Trinajstić information content (AvgIpc) is 2.90. The number of aryl methyl sites for hydroxylation is 1. The van der Waals surface area contributed by atoms with Gasteiger partial charge in [0.25, 0.3) is 0 Å². The van der Waals surface area contributed by atoms with Gasteiger partial charge in [0, 0.05) is 24.8 Å². The van der Waals surface area contributed by atoms with E-state index in [2.05, 4.69) is 0 Å². The fraction of sp³-hybridized carbons (Fsp3) is 0.400. The van der Waals surface area contributed by atoms with Crippen LogP contribution in [-0.2, 0) is 21.3 Å². The number of nitrogens with zero attached hydrogens (tertiary/aromatic N) is 2. The van der Waals surface area contributed by atoms with Crippen LogP contribution in [0.4, 0.5) is 0 Å². The number of likely N-dealkylation sites (N-methyl/N-ethyl adjacent to an activating group) is 1. The largest absolute Gasteiger partial charge is 0.464 e. The zero-order valence-electron chi connectivity index (χ0n) is 17.1. The van der Waals surface area contributed by atoms with Gasteiger partial charge in [0.05, 0.1) is 18.6 Å². The van der Waals surface area contributed by atoms with Crippen LogP contribution in [0.3, 0.4) is 0 Å². The second kappa shape index (κ2) is 8.28. The Kier molecular flexibility index (Phi) is 6.46. The summed E-state index contributed by atoms with van der Waals surface area (Å²) in [6.45, 7) is 7.31. The highest BCUT2D eigenvalue weighted by Gasteiger charge is 2.29. The Hall–Kier alpha value is -2.45. The molecule has 0 atom stereocenters. The molecule has 7 nitrogen and oxygen atoms in total. The number of ketones is 1. The van der Waals surface area contributed by atoms with E-state index >= 15 is 0 Å². The monoisotopic (exact) mass is 406 g/mol. The Morgan fingerprint density at radius 3 is 2.18 bits per heavy atom. The molecule has 1 aromatic carbocycles. The second-order valence-corrected chi connectivity index (χ2v) is 8.71. The van der Waals surface area contributed by atoms with Gasteiger partial charge in [-0.3, -0.25) is 4.79 Å². The van der Waals surface area contributed by atoms with E-state index in [4.69, 9.17) is 4.74 Å². The number of esters is 1. The molecule has 0 aliphatic rings. The van der Waals surface area contributed by atoms with Crippen LogP contribution in [0.2, 0.25) is 0 Å². The third kappa shape index (κ3) is 3.88. The van der Waals surface area contributed by atoms with Gasteiger partial charge in [-0.2, -0.15) is 4.31 Å². The van der Waals surface area contributed by atoms with Gasteiger partial charge in [-0.15, -0.1) is 0 Å². The van der Waals surface area contributed by atoms with E-state index in [-0.39, 0.29) is 17.2 Å². The predicted octanol–water partition coefficient (Wildman–Crippen LogP) is 2.72. The maximum absolute atomic E-state index is 12.9. The summed E-state index contributed by atoms with van der Waals surface area (Å²) < 4.78 is 33.1. The van der Waals surface area contributed by atoms with Crippen molar-refractivity contribution in [2.45, 2.75) is 39.1 Å². The van der Waals surface area contributed by atoms with Crippen molar-refractivity contribution in [2.24, 2.45) is 0 Å². The molecule has 0 aliphatic heterocycles. The minimum atomic E-state index is -3.80. The lowest BCUT2D eigenvalue weighted by atomic mass is 10.1. The summed E-state index contributed by atoms with van der Waals surface area (Å²) in [5.41, 5.74) is 2.73. The number of methoxy groups -OCH3 is 1. The molecule has 1 heterocycles. The molecule has 0 unspecified atom stereocenters. The van der Waals surface area contributed by atoms with Crippen LogP contribution in [0.15, 0.2) is 29.2 Å². The summed E-state index contributed by atoms with van der Waals surface area (Å²) in [6.07, 6.45) is 0. The molecule has 2 aromatic rings. The number of carbonyl (C=O) groups is 2. The summed E-state index contributed by atoms with van der Waals surface area (Å²) in [5.74, 6) is -0.896. The Balaban J connectivity index is 2.38. The number of benzene rings is 1. The van der Waals surface area contributed by atoms with Crippen molar-refractivity contribution < 1.29 is 22.7 Å². The third-order valence-electron chi connectivity index (χ3n) is 4.84. The number of ether oxygens (including phenoxy) is 1. The summed E-state index contributed by atoms with van der Waals surface area (Å²) in [4.78, 5) is 25.2. The molecule has 152 valence electrons. The molecular formula is C20H26N2O5S. The van der Waals surface area contributed by atoms with Crippen LogP contribution >= 0.6 is 0 Å². The highest BCUT2D eigenvalue weighted by molar-refractivity contribution is 7.89. The molecule has 0 spiro atoms. The van der Waals surface area contributed by atoms with E-state index in [1.54, 1.807) is 30.5 Å². The van der Waals surface area contributed by atoms with Gasteiger partial charge in [0.2, 0.25) is 10.0 Å². The van der Waals surface area contributed by atoms with E-state index in [1.807, 2.05) is 13.8 Å². The topological polar surface area (TPSA) is 85.7 Å². The van der Waals surface area contributed by atoms with Crippen molar-refractivity contribution in [2.75, 3.05) is 20.7 Å². The normalized spacial score (nSPS) is 11.7. The second-order valence-electron chi connectivity index (χ2n) is 6.67. The Bertz CT molecular complexity index is 1000. The lowest BCUT2D eigenvalue weighted by Crippen LogP contribution is -2.32. The third-order valence-corrected chi connectivity index (χ3v) is 6.65. The highest BCUT2D eigenvalue weighted by atomic mass is 32.2. The fourth-order valence-electron chi connectivity index (χ4n) is 3.32. The van der Waals surface area contributed by atoms with Gasteiger partial charge < -0.3 is 9.30 Å². The first-order valence-corrected chi connectivity index (χ1v) is 10.3. The van der Waals surface area contributed by atoms with Gasteiger partial charge in [-0.05, 0) is 45.4 Å². The average molecular weight is 407 g/mol. The molecule has 2 rings (SSSR count). The van der Waals surface area contributed by atoms with Crippen molar-refractivity contribution in [1.29, 1.82) is 0 Å². The molecule has 0 N–H and O–H groups in total. The number of sulfonamides is 1. The van der Waals surface area contributed by atoms with Crippen molar-refractivity contribution in [3.8, 4) is 0 Å². The fourth-order valence-corrected chi connectivity index (χ4v) is 4.44. The summed E-state index contributed by atoms with van der Waals surface area (Å²) in [7, 11) is -1.14. The van der Waals surface area contributed by atoms with Crippen molar-refractivity contribution in [3.63, 3.8) is 0 Å². The lowest BCUT2D eigenvalue weighted by molar-refractivity contribution is 0.0587. The zero-order chi connectivity index (χ0) is 21.2. The number of hydrogen-bond acceptors (Lipinski definition) is 5. The number of rotatable bonds is 7. The molecule has 0 bridgehead atoms. The molecule has 8 heteroatoms. The van der Waals surface area contributed by atoms with Crippen LogP contribution in [0.25, 0.3) is 0 Å². The van der Waals surface area contributed by atoms with Crippen molar-refractivity contribution >= 4 is 21.8 Å². The van der Waals surface area contributed by atoms with Crippen LogP contribution in [0, 0.1) is 20.8 Å². The van der Waals surface area contributed by atoms with Gasteiger partial charge >= 0.3 is 5.97 Å². The molecule has 1 aromatic heterocycles. The number of hydrogen-bond donors (Lipinski definition) is 0. The molecule has 0 amide bonds. The predicted molar refractivity (Wildman–Crippen MR) is 106 cm³/mol. The van der Waals surface area contributed by atoms with E-state index in [0.29, 0.717) is 29.1 Å². The van der Waals surface area contributed by atoms with Gasteiger partial charge in [0.1, 0.15) is 5.69 Å². The first kappa shape index (κ1) is 21.8. The van der Waals surface area contributed by atoms with Crippen molar-refractivity contribution in [1.82, 2.24) is 8.87 Å². The van der Waals surface area contributed by atoms with Crippen LogP contribution in [0.1, 0.15) is 44.6 Å². The smallest absolute Gasteiger partial charge is 0.354 e. The number of aromatic nitrogens is 1. The quantitative estimate of drug-likeness (QED) is 0.521. The van der Waals surface area contributed by atoms with Crippen LogP contribution in [-0.4, -0.2) is 49.7 Å². The van der Waals surface area contributed by atoms with E-state index in [1.165, 1.54) is 26.3 Å². The summed E-state index contributed by atoms with van der Waals surface area (Å²) >= 11 is 0. The maximum atomic E-state index is 12.9. The minimum absolute atomic E-state index is 0.128. The van der Waals surface area contributed by atoms with Gasteiger partial charge in [0.15, 0.2) is 5.78 Å². The first-order valence-electron chi connectivity index (χ1n) is 8.90. The molecule has 0 aliphatic carbocycles. The lowest BCUT2D eigenvalue weighted by Gasteiger charge is -2.17. The minimum Gasteiger partial charge on any atom is -0.464 e. The number of carbonyl (C=O) groups excluding carboxylic acids is 2. The summed E-state index contributed by atoms with van der Waals surface area (Å²) in [6, 6.07) is 6.46. The van der Waals surface area contributed by atoms with Gasteiger partial charge in [-0.1, -0.05) is 17.7 Å². The Morgan fingerprint density at radius 2 is 1.68 bits per heavy atom. The van der Waals surface area contributed by atoms with Crippen LogP contribution in [0.5, 0.6) is 0 Å². The molecule has 0 fully saturated rings. The van der Waals surface area contributed by atoms with Crippen LogP contribution < -0.4 is 0 Å². The SMILES string of the molecule is CCn1c(C)c(C(=O)CN(C)S(=O)(=O)c2ccc(C)cc2)c(C)c1C(=O)OC. The molecule has 0 saturated heterocycles. The number of Topliss-reactive ketones (excluding diaryl/α,β-unsaturated/α-hetero) is 1. The Morgan fingerprint density at radius 1 is 1.11 bits per heavy atom. The van der Waals surface area contributed by atoms with E-state index < -0.39 is 16.0 Å². The van der Waals surface area contributed by atoms with E-state index in [9.17, 15) is 18.0 Å². The highest BCUT2D eigenvalue weighted by Crippen LogP contribution is 2.24. The first-order chi connectivity index (χ1) is 13.1. The molecule has 28 heavy (non-hydrogen) atoms. The summed E-state index contributed by atoms with van der Waals surface area (Å²) in [5, 5.41) is 0. The molecule has 0 radical (unpaired) electrons. The molecule has 0 saturated carbocycles. The Labute approximate surface area is 166 Å². The maximum Gasteiger partial charge on any atom is 0.354 e. The van der Waals surface area contributed by atoms with Gasteiger partial charge in [-0.25, -0.2) is 13.2 Å². The van der Waals surface area contributed by atoms with Crippen molar-refractivity contribution in [3.05, 3.63) is 52.3 Å². The standard InChI is InChI=1S/C20H26N2O5S/c1-7-22-15(4)18(14(3)19(22)20(24)27-6)17(23)12-21(5)28(25,26)16-10-8-13(2)9-11-16/h8-11H,7,12H2,1-6H3.